The molecule has 22 heavy (non-hydrogen) atoms. The summed E-state index contributed by atoms with van der Waals surface area (Å²) in [5, 5.41) is 5.52. The zero-order valence-corrected chi connectivity index (χ0v) is 12.4. The predicted octanol–water partition coefficient (Wildman–Crippen LogP) is 2.46. The molecule has 5 heteroatoms. The van der Waals surface area contributed by atoms with Crippen LogP contribution in [0, 0.1) is 6.92 Å². The van der Waals surface area contributed by atoms with E-state index in [1.807, 2.05) is 37.3 Å². The molecule has 0 aromatic heterocycles. The van der Waals surface area contributed by atoms with Gasteiger partial charge in [0.2, 0.25) is 5.91 Å². The number of anilines is 1. The molecular weight excluding hydrogens is 278 g/mol. The van der Waals surface area contributed by atoms with Gasteiger partial charge in [0, 0.05) is 17.8 Å². The normalized spacial score (nSPS) is 10.0. The molecule has 2 aromatic carbocycles. The van der Waals surface area contributed by atoms with Crippen LogP contribution < -0.4 is 16.4 Å². The van der Waals surface area contributed by atoms with Gasteiger partial charge in [-0.3, -0.25) is 4.79 Å². The zero-order chi connectivity index (χ0) is 15.9. The van der Waals surface area contributed by atoms with Crippen molar-refractivity contribution in [2.45, 2.75) is 13.3 Å². The minimum atomic E-state index is -0.521. The highest BCUT2D eigenvalue weighted by atomic mass is 16.2. The Hall–Kier alpha value is -2.82. The van der Waals surface area contributed by atoms with E-state index >= 15 is 0 Å². The van der Waals surface area contributed by atoms with Crippen LogP contribution in [0.25, 0.3) is 0 Å². The number of carbonyl (C=O) groups is 2. The molecule has 5 nitrogen and oxygen atoms in total. The summed E-state index contributed by atoms with van der Waals surface area (Å²) in [6.45, 7) is 2.38. The summed E-state index contributed by atoms with van der Waals surface area (Å²) in [5.74, 6) is -0.521. The van der Waals surface area contributed by atoms with Crippen molar-refractivity contribution >= 4 is 17.6 Å². The number of primary amides is 1. The van der Waals surface area contributed by atoms with Crippen LogP contribution in [0.15, 0.2) is 48.5 Å². The van der Waals surface area contributed by atoms with E-state index in [1.165, 1.54) is 0 Å². The van der Waals surface area contributed by atoms with Gasteiger partial charge in [-0.25, -0.2) is 4.79 Å². The van der Waals surface area contributed by atoms with E-state index < -0.39 is 5.91 Å². The van der Waals surface area contributed by atoms with Crippen molar-refractivity contribution in [3.8, 4) is 0 Å². The van der Waals surface area contributed by atoms with Gasteiger partial charge in [0.1, 0.15) is 0 Å². The van der Waals surface area contributed by atoms with Crippen LogP contribution in [0.4, 0.5) is 10.5 Å². The number of carbonyl (C=O) groups excluding carboxylic acids is 2. The molecule has 0 saturated heterocycles. The predicted molar refractivity (Wildman–Crippen MR) is 86.9 cm³/mol. The quantitative estimate of drug-likeness (QED) is 0.792. The van der Waals surface area contributed by atoms with Crippen LogP contribution >= 0.6 is 0 Å². The van der Waals surface area contributed by atoms with E-state index in [4.69, 9.17) is 5.73 Å². The maximum atomic E-state index is 11.9. The standard InChI is InChI=1S/C17H19N3O2/c1-12-7-8-14(16(18)21)11-15(12)20-17(22)19-10-9-13-5-3-2-4-6-13/h2-8,11H,9-10H2,1H3,(H2,18,21)(H2,19,20,22). The van der Waals surface area contributed by atoms with Gasteiger partial charge in [-0.2, -0.15) is 0 Å². The van der Waals surface area contributed by atoms with Gasteiger partial charge < -0.3 is 16.4 Å². The first-order chi connectivity index (χ1) is 10.6. The van der Waals surface area contributed by atoms with Gasteiger partial charge in [-0.1, -0.05) is 36.4 Å². The molecule has 2 rings (SSSR count). The smallest absolute Gasteiger partial charge is 0.319 e. The second-order valence-corrected chi connectivity index (χ2v) is 5.01. The van der Waals surface area contributed by atoms with E-state index in [1.54, 1.807) is 18.2 Å². The lowest BCUT2D eigenvalue weighted by Crippen LogP contribution is -2.30. The van der Waals surface area contributed by atoms with Gasteiger partial charge in [-0.05, 0) is 36.6 Å². The lowest BCUT2D eigenvalue weighted by Gasteiger charge is -2.11. The van der Waals surface area contributed by atoms with Crippen molar-refractivity contribution in [2.75, 3.05) is 11.9 Å². The van der Waals surface area contributed by atoms with Gasteiger partial charge in [0.05, 0.1) is 0 Å². The second-order valence-electron chi connectivity index (χ2n) is 5.01. The van der Waals surface area contributed by atoms with Gasteiger partial charge in [0.15, 0.2) is 0 Å². The fourth-order valence-corrected chi connectivity index (χ4v) is 2.04. The number of nitrogens with two attached hydrogens (primary N) is 1. The largest absolute Gasteiger partial charge is 0.366 e. The number of hydrogen-bond donors (Lipinski definition) is 3. The van der Waals surface area contributed by atoms with E-state index in [9.17, 15) is 9.59 Å². The first-order valence-corrected chi connectivity index (χ1v) is 7.05. The molecule has 0 aliphatic carbocycles. The average molecular weight is 297 g/mol. The Morgan fingerprint density at radius 3 is 2.50 bits per heavy atom. The third-order valence-corrected chi connectivity index (χ3v) is 3.31. The maximum absolute atomic E-state index is 11.9. The summed E-state index contributed by atoms with van der Waals surface area (Å²) in [6.07, 6.45) is 0.758. The lowest BCUT2D eigenvalue weighted by molar-refractivity contribution is 0.100. The molecule has 0 aliphatic heterocycles. The molecule has 0 fully saturated rings. The molecule has 0 spiro atoms. The van der Waals surface area contributed by atoms with Gasteiger partial charge >= 0.3 is 6.03 Å². The first-order valence-electron chi connectivity index (χ1n) is 7.05. The number of rotatable bonds is 5. The summed E-state index contributed by atoms with van der Waals surface area (Å²) in [7, 11) is 0. The Labute approximate surface area is 129 Å². The number of hydrogen-bond acceptors (Lipinski definition) is 2. The van der Waals surface area contributed by atoms with Crippen molar-refractivity contribution in [3.05, 3.63) is 65.2 Å². The number of amides is 3. The van der Waals surface area contributed by atoms with Crippen molar-refractivity contribution in [2.24, 2.45) is 5.73 Å². The molecule has 0 unspecified atom stereocenters. The Morgan fingerprint density at radius 2 is 1.82 bits per heavy atom. The van der Waals surface area contributed by atoms with Crippen LogP contribution in [0.1, 0.15) is 21.5 Å². The third kappa shape index (κ3) is 4.34. The van der Waals surface area contributed by atoms with Crippen molar-refractivity contribution in [3.63, 3.8) is 0 Å². The average Bonchev–Trinajstić information content (AvgIpc) is 2.50. The third-order valence-electron chi connectivity index (χ3n) is 3.31. The van der Waals surface area contributed by atoms with Crippen molar-refractivity contribution in [1.29, 1.82) is 0 Å². The number of nitrogens with one attached hydrogen (secondary N) is 2. The fraction of sp³-hybridized carbons (Fsp3) is 0.176. The highest BCUT2D eigenvalue weighted by molar-refractivity contribution is 5.96. The molecule has 0 atom stereocenters. The van der Waals surface area contributed by atoms with E-state index in [-0.39, 0.29) is 6.03 Å². The monoisotopic (exact) mass is 297 g/mol. The molecule has 0 aliphatic rings. The fourth-order valence-electron chi connectivity index (χ4n) is 2.04. The summed E-state index contributed by atoms with van der Waals surface area (Å²) in [5.41, 5.74) is 8.21. The van der Waals surface area contributed by atoms with Crippen LogP contribution in [0.3, 0.4) is 0 Å². The first kappa shape index (κ1) is 15.6. The Bertz CT molecular complexity index is 669. The van der Waals surface area contributed by atoms with Crippen LogP contribution in [0.2, 0.25) is 0 Å². The van der Waals surface area contributed by atoms with E-state index in [2.05, 4.69) is 10.6 Å². The van der Waals surface area contributed by atoms with Crippen LogP contribution in [-0.2, 0) is 6.42 Å². The Balaban J connectivity index is 1.89. The summed E-state index contributed by atoms with van der Waals surface area (Å²) in [6, 6.07) is 14.6. The second kappa shape index (κ2) is 7.26. The molecule has 0 bridgehead atoms. The van der Waals surface area contributed by atoms with Crippen molar-refractivity contribution in [1.82, 2.24) is 5.32 Å². The molecule has 114 valence electrons. The molecular formula is C17H19N3O2. The zero-order valence-electron chi connectivity index (χ0n) is 12.4. The maximum Gasteiger partial charge on any atom is 0.319 e. The number of aryl methyl sites for hydroxylation is 1. The highest BCUT2D eigenvalue weighted by Gasteiger charge is 2.07. The van der Waals surface area contributed by atoms with Gasteiger partial charge in [0.25, 0.3) is 0 Å². The molecule has 3 amide bonds. The summed E-state index contributed by atoms with van der Waals surface area (Å²) >= 11 is 0. The van der Waals surface area contributed by atoms with Gasteiger partial charge in [-0.15, -0.1) is 0 Å². The SMILES string of the molecule is Cc1ccc(C(N)=O)cc1NC(=O)NCCc1ccccc1. The molecule has 0 radical (unpaired) electrons. The van der Waals surface area contributed by atoms with E-state index in [0.29, 0.717) is 17.8 Å². The number of urea groups is 1. The summed E-state index contributed by atoms with van der Waals surface area (Å²) in [4.78, 5) is 23.1. The molecule has 0 heterocycles. The molecule has 4 N–H and O–H groups in total. The van der Waals surface area contributed by atoms with Crippen molar-refractivity contribution < 1.29 is 9.59 Å². The minimum Gasteiger partial charge on any atom is -0.366 e. The minimum absolute atomic E-state index is 0.305. The number of benzene rings is 2. The van der Waals surface area contributed by atoms with E-state index in [0.717, 1.165) is 17.5 Å². The Kier molecular flexibility index (Phi) is 5.14. The van der Waals surface area contributed by atoms with Crippen LogP contribution in [-0.4, -0.2) is 18.5 Å². The summed E-state index contributed by atoms with van der Waals surface area (Å²) < 4.78 is 0. The van der Waals surface area contributed by atoms with Crippen LogP contribution in [0.5, 0.6) is 0 Å². The lowest BCUT2D eigenvalue weighted by atomic mass is 10.1. The molecule has 2 aromatic rings. The Morgan fingerprint density at radius 1 is 1.09 bits per heavy atom. The topological polar surface area (TPSA) is 84.2 Å². The molecule has 0 saturated carbocycles. The highest BCUT2D eigenvalue weighted by Crippen LogP contribution is 2.16.